The Bertz CT molecular complexity index is 818. The Hall–Kier alpha value is -1.76. The monoisotopic (exact) mass is 395 g/mol. The van der Waals surface area contributed by atoms with Crippen molar-refractivity contribution < 1.29 is 9.15 Å². The molecule has 0 N–H and O–H groups in total. The Labute approximate surface area is 135 Å². The van der Waals surface area contributed by atoms with Crippen LogP contribution in [0.1, 0.15) is 5.56 Å². The summed E-state index contributed by atoms with van der Waals surface area (Å²) in [5, 5.41) is 0. The second-order valence-corrected chi connectivity index (χ2v) is 5.98. The fraction of sp³-hybridized carbons (Fsp3) is 0.188. The van der Waals surface area contributed by atoms with Gasteiger partial charge in [0.25, 0.3) is 0 Å². The lowest BCUT2D eigenvalue weighted by Gasteiger charge is -2.04. The van der Waals surface area contributed by atoms with Crippen LogP contribution in [0.2, 0.25) is 0 Å². The van der Waals surface area contributed by atoms with Crippen LogP contribution in [0.3, 0.4) is 0 Å². The molecule has 1 heterocycles. The first-order valence-electron chi connectivity index (χ1n) is 6.59. The van der Waals surface area contributed by atoms with Gasteiger partial charge < -0.3 is 9.15 Å². The summed E-state index contributed by atoms with van der Waals surface area (Å²) in [6.45, 7) is 0.595. The lowest BCUT2D eigenvalue weighted by molar-refractivity contribution is 0.414. The smallest absolute Gasteiger partial charge is 0.419 e. The van der Waals surface area contributed by atoms with E-state index in [0.717, 1.165) is 26.8 Å². The fourth-order valence-electron chi connectivity index (χ4n) is 2.28. The highest BCUT2D eigenvalue weighted by Crippen LogP contribution is 2.17. The number of aryl methyl sites for hydroxylation is 2. The number of methoxy groups -OCH3 is 1. The second kappa shape index (κ2) is 5.93. The molecule has 108 valence electrons. The minimum absolute atomic E-state index is 0.305. The van der Waals surface area contributed by atoms with Crippen molar-refractivity contribution in [2.24, 2.45) is 0 Å². The van der Waals surface area contributed by atoms with Crippen molar-refractivity contribution in [3.05, 3.63) is 62.1 Å². The molecule has 0 amide bonds. The van der Waals surface area contributed by atoms with E-state index in [-0.39, 0.29) is 5.76 Å². The van der Waals surface area contributed by atoms with E-state index in [1.165, 1.54) is 0 Å². The van der Waals surface area contributed by atoms with Crippen LogP contribution in [-0.4, -0.2) is 11.7 Å². The molecule has 0 aliphatic carbocycles. The zero-order valence-corrected chi connectivity index (χ0v) is 13.7. The summed E-state index contributed by atoms with van der Waals surface area (Å²) in [4.78, 5) is 11.9. The van der Waals surface area contributed by atoms with Crippen LogP contribution in [0.4, 0.5) is 0 Å². The van der Waals surface area contributed by atoms with E-state index in [1.54, 1.807) is 11.7 Å². The number of ether oxygens (including phenoxy) is 1. The first-order chi connectivity index (χ1) is 10.2. The first kappa shape index (κ1) is 14.2. The van der Waals surface area contributed by atoms with Gasteiger partial charge in [0.15, 0.2) is 5.58 Å². The average Bonchev–Trinajstić information content (AvgIpc) is 2.80. The number of hydrogen-bond donors (Lipinski definition) is 0. The van der Waals surface area contributed by atoms with Crippen LogP contribution >= 0.6 is 22.6 Å². The van der Waals surface area contributed by atoms with E-state index >= 15 is 0 Å². The van der Waals surface area contributed by atoms with Crippen molar-refractivity contribution in [2.45, 2.75) is 13.0 Å². The number of nitrogens with zero attached hydrogens (tertiary/aromatic N) is 1. The van der Waals surface area contributed by atoms with Gasteiger partial charge in [-0.2, -0.15) is 0 Å². The van der Waals surface area contributed by atoms with Gasteiger partial charge in [-0.05, 0) is 64.9 Å². The van der Waals surface area contributed by atoms with Gasteiger partial charge in [-0.25, -0.2) is 4.79 Å². The third kappa shape index (κ3) is 2.97. The zero-order chi connectivity index (χ0) is 14.8. The summed E-state index contributed by atoms with van der Waals surface area (Å²) in [5.74, 6) is 0.528. The van der Waals surface area contributed by atoms with Crippen LogP contribution in [0.5, 0.6) is 5.75 Å². The molecule has 0 atom stereocenters. The number of halogens is 1. The topological polar surface area (TPSA) is 44.4 Å². The molecule has 0 aliphatic rings. The summed E-state index contributed by atoms with van der Waals surface area (Å²) < 4.78 is 13.2. The molecule has 1 aromatic heterocycles. The van der Waals surface area contributed by atoms with Gasteiger partial charge in [-0.1, -0.05) is 12.1 Å². The predicted octanol–water partition coefficient (Wildman–Crippen LogP) is 3.45. The Morgan fingerprint density at radius 3 is 2.67 bits per heavy atom. The summed E-state index contributed by atoms with van der Waals surface area (Å²) >= 11 is 2.23. The van der Waals surface area contributed by atoms with Crippen molar-refractivity contribution >= 4 is 33.7 Å². The van der Waals surface area contributed by atoms with Crippen LogP contribution in [0.15, 0.2) is 51.7 Å². The Kier molecular flexibility index (Phi) is 4.01. The van der Waals surface area contributed by atoms with Gasteiger partial charge in [-0.15, -0.1) is 0 Å². The van der Waals surface area contributed by atoms with Crippen molar-refractivity contribution in [3.63, 3.8) is 0 Å². The number of aromatic nitrogens is 1. The van der Waals surface area contributed by atoms with Crippen LogP contribution < -0.4 is 10.5 Å². The maximum atomic E-state index is 11.9. The van der Waals surface area contributed by atoms with Crippen LogP contribution in [0, 0.1) is 3.57 Å². The minimum atomic E-state index is -0.305. The Morgan fingerprint density at radius 2 is 1.95 bits per heavy atom. The molecule has 3 aromatic rings. The molecule has 0 radical (unpaired) electrons. The molecule has 4 nitrogen and oxygen atoms in total. The maximum Gasteiger partial charge on any atom is 0.419 e. The van der Waals surface area contributed by atoms with Crippen molar-refractivity contribution in [2.75, 3.05) is 7.11 Å². The molecule has 3 rings (SSSR count). The standard InChI is InChI=1S/C16H14INO3/c1-20-13-5-2-11(3-6-13)8-9-18-14-10-12(17)4-7-15(14)21-16(18)19/h2-7,10H,8-9H2,1H3. The zero-order valence-electron chi connectivity index (χ0n) is 11.5. The van der Waals surface area contributed by atoms with Gasteiger partial charge >= 0.3 is 5.76 Å². The molecule has 0 bridgehead atoms. The van der Waals surface area contributed by atoms with Gasteiger partial charge in [0, 0.05) is 10.1 Å². The molecule has 2 aromatic carbocycles. The molecule has 0 spiro atoms. The fourth-order valence-corrected chi connectivity index (χ4v) is 2.75. The molecule has 0 fully saturated rings. The van der Waals surface area contributed by atoms with Gasteiger partial charge in [0.05, 0.1) is 12.6 Å². The van der Waals surface area contributed by atoms with E-state index in [0.29, 0.717) is 12.1 Å². The highest BCUT2D eigenvalue weighted by atomic mass is 127. The van der Waals surface area contributed by atoms with E-state index in [2.05, 4.69) is 22.6 Å². The van der Waals surface area contributed by atoms with E-state index in [4.69, 9.17) is 9.15 Å². The quantitative estimate of drug-likeness (QED) is 0.636. The molecule has 0 aliphatic heterocycles. The molecule has 5 heteroatoms. The molecule has 0 saturated heterocycles. The lowest BCUT2D eigenvalue weighted by Crippen LogP contribution is -2.15. The highest BCUT2D eigenvalue weighted by Gasteiger charge is 2.09. The molecule has 0 saturated carbocycles. The van der Waals surface area contributed by atoms with Crippen LogP contribution in [0.25, 0.3) is 11.1 Å². The molecule has 0 unspecified atom stereocenters. The average molecular weight is 395 g/mol. The Balaban J connectivity index is 1.85. The minimum Gasteiger partial charge on any atom is -0.497 e. The summed E-state index contributed by atoms with van der Waals surface area (Å²) in [6.07, 6.45) is 0.768. The first-order valence-corrected chi connectivity index (χ1v) is 7.67. The third-order valence-corrected chi connectivity index (χ3v) is 4.08. The molecular weight excluding hydrogens is 381 g/mol. The number of fused-ring (bicyclic) bond motifs is 1. The largest absolute Gasteiger partial charge is 0.497 e. The van der Waals surface area contributed by atoms with E-state index in [9.17, 15) is 4.79 Å². The van der Waals surface area contributed by atoms with Gasteiger partial charge in [0.2, 0.25) is 0 Å². The lowest BCUT2D eigenvalue weighted by atomic mass is 10.1. The third-order valence-electron chi connectivity index (χ3n) is 3.41. The van der Waals surface area contributed by atoms with Gasteiger partial charge in [-0.3, -0.25) is 4.57 Å². The van der Waals surface area contributed by atoms with Crippen molar-refractivity contribution in [3.8, 4) is 5.75 Å². The number of oxazole rings is 1. The number of hydrogen-bond acceptors (Lipinski definition) is 3. The second-order valence-electron chi connectivity index (χ2n) is 4.73. The maximum absolute atomic E-state index is 11.9. The van der Waals surface area contributed by atoms with Crippen molar-refractivity contribution in [1.29, 1.82) is 0 Å². The summed E-state index contributed by atoms with van der Waals surface area (Å²) in [7, 11) is 1.65. The van der Waals surface area contributed by atoms with Gasteiger partial charge in [0.1, 0.15) is 5.75 Å². The van der Waals surface area contributed by atoms with Crippen LogP contribution in [-0.2, 0) is 13.0 Å². The summed E-state index contributed by atoms with van der Waals surface area (Å²) in [6, 6.07) is 13.6. The van der Waals surface area contributed by atoms with E-state index in [1.807, 2.05) is 42.5 Å². The van der Waals surface area contributed by atoms with E-state index < -0.39 is 0 Å². The normalized spacial score (nSPS) is 11.0. The SMILES string of the molecule is COc1ccc(CCn2c(=O)oc3ccc(I)cc32)cc1. The molecular formula is C16H14INO3. The highest BCUT2D eigenvalue weighted by molar-refractivity contribution is 14.1. The number of rotatable bonds is 4. The summed E-state index contributed by atoms with van der Waals surface area (Å²) in [5.41, 5.74) is 2.64. The van der Waals surface area contributed by atoms with Crippen molar-refractivity contribution in [1.82, 2.24) is 4.57 Å². The predicted molar refractivity (Wildman–Crippen MR) is 89.9 cm³/mol. The molecule has 21 heavy (non-hydrogen) atoms. The number of benzene rings is 2. The Morgan fingerprint density at radius 1 is 1.19 bits per heavy atom.